The van der Waals surface area contributed by atoms with Gasteiger partial charge in [-0.1, -0.05) is 43.5 Å². The lowest BCUT2D eigenvalue weighted by atomic mass is 9.87. The number of methoxy groups -OCH3 is 1. The number of fused-ring (bicyclic) bond motifs is 1. The number of nitrogens with one attached hydrogen (secondary N) is 2. The van der Waals surface area contributed by atoms with E-state index in [-0.39, 0.29) is 18.4 Å². The summed E-state index contributed by atoms with van der Waals surface area (Å²) in [7, 11) is 1.37. The van der Waals surface area contributed by atoms with Crippen molar-refractivity contribution in [1.82, 2.24) is 14.7 Å². The minimum atomic E-state index is -0.339. The van der Waals surface area contributed by atoms with Crippen molar-refractivity contribution in [2.24, 2.45) is 5.73 Å². The van der Waals surface area contributed by atoms with Gasteiger partial charge in [0.2, 0.25) is 0 Å². The maximum Gasteiger partial charge on any atom is 0.325 e. The van der Waals surface area contributed by atoms with Gasteiger partial charge in [0, 0.05) is 30.8 Å². The molecular weight excluding hydrogens is 418 g/mol. The highest BCUT2D eigenvalue weighted by atomic mass is 16.5. The molecule has 8 heteroatoms. The van der Waals surface area contributed by atoms with E-state index in [1.54, 1.807) is 12.1 Å². The predicted octanol–water partition coefficient (Wildman–Crippen LogP) is 3.36. The molecule has 33 heavy (non-hydrogen) atoms. The average Bonchev–Trinajstić information content (AvgIpc) is 3.24. The Bertz CT molecular complexity index is 1130. The summed E-state index contributed by atoms with van der Waals surface area (Å²) in [6.07, 6.45) is 7.57. The molecule has 174 valence electrons. The number of nitrogens with zero attached hydrogens (tertiary/aromatic N) is 2. The van der Waals surface area contributed by atoms with Crippen molar-refractivity contribution in [1.29, 1.82) is 0 Å². The third kappa shape index (κ3) is 5.34. The summed E-state index contributed by atoms with van der Waals surface area (Å²) in [5.74, 6) is 0.634. The highest BCUT2D eigenvalue weighted by Gasteiger charge is 2.24. The smallest absolute Gasteiger partial charge is 0.325 e. The average molecular weight is 450 g/mol. The molecule has 4 rings (SSSR count). The van der Waals surface area contributed by atoms with Crippen molar-refractivity contribution >= 4 is 23.3 Å². The molecule has 1 aliphatic carbocycles. The Morgan fingerprint density at radius 3 is 2.70 bits per heavy atom. The van der Waals surface area contributed by atoms with Crippen LogP contribution in [-0.4, -0.2) is 34.9 Å². The standard InChI is InChI=1S/C25H31N5O3/c1-33-22(31)16-27-24-23(19-8-3-2-4-9-19)29-21-13-20(10-11-30(21)24)25(32)28-15-18-7-5-6-17(12-18)14-26/h5-7,10-13,19,27H,2-4,8-9,14-16,26H2,1H3,(H,28,32). The summed E-state index contributed by atoms with van der Waals surface area (Å²) in [6.45, 7) is 0.952. The summed E-state index contributed by atoms with van der Waals surface area (Å²) in [5, 5.41) is 6.18. The van der Waals surface area contributed by atoms with E-state index >= 15 is 0 Å². The molecule has 0 spiro atoms. The van der Waals surface area contributed by atoms with Gasteiger partial charge in [0.25, 0.3) is 5.91 Å². The van der Waals surface area contributed by atoms with Crippen molar-refractivity contribution in [2.45, 2.75) is 51.1 Å². The van der Waals surface area contributed by atoms with Gasteiger partial charge in [-0.05, 0) is 36.1 Å². The van der Waals surface area contributed by atoms with E-state index < -0.39 is 0 Å². The second-order valence-electron chi connectivity index (χ2n) is 8.46. The van der Waals surface area contributed by atoms with Gasteiger partial charge in [0.05, 0.1) is 12.8 Å². The Morgan fingerprint density at radius 2 is 1.94 bits per heavy atom. The molecule has 4 N–H and O–H groups in total. The van der Waals surface area contributed by atoms with E-state index in [0.29, 0.717) is 30.2 Å². The molecule has 0 bridgehead atoms. The molecular formula is C25H31N5O3. The lowest BCUT2D eigenvalue weighted by Gasteiger charge is -2.21. The van der Waals surface area contributed by atoms with Gasteiger partial charge in [-0.25, -0.2) is 4.98 Å². The molecule has 8 nitrogen and oxygen atoms in total. The van der Waals surface area contributed by atoms with Gasteiger partial charge < -0.3 is 21.1 Å². The van der Waals surface area contributed by atoms with Gasteiger partial charge >= 0.3 is 5.97 Å². The quantitative estimate of drug-likeness (QED) is 0.455. The number of hydrogen-bond acceptors (Lipinski definition) is 6. The Morgan fingerprint density at radius 1 is 1.15 bits per heavy atom. The Balaban J connectivity index is 1.56. The molecule has 0 saturated heterocycles. The summed E-state index contributed by atoms with van der Waals surface area (Å²) >= 11 is 0. The van der Waals surface area contributed by atoms with Crippen LogP contribution >= 0.6 is 0 Å². The van der Waals surface area contributed by atoms with Crippen LogP contribution in [-0.2, 0) is 22.6 Å². The molecule has 1 aliphatic rings. The number of carbonyl (C=O) groups is 2. The Hall–Kier alpha value is -3.39. The Kier molecular flexibility index (Phi) is 7.24. The maximum absolute atomic E-state index is 12.8. The van der Waals surface area contributed by atoms with E-state index in [1.165, 1.54) is 26.4 Å². The zero-order valence-corrected chi connectivity index (χ0v) is 19.0. The number of benzene rings is 1. The van der Waals surface area contributed by atoms with Crippen LogP contribution < -0.4 is 16.4 Å². The van der Waals surface area contributed by atoms with Crippen LogP contribution in [0.3, 0.4) is 0 Å². The number of nitrogens with two attached hydrogens (primary N) is 1. The fourth-order valence-electron chi connectivity index (χ4n) is 4.42. The minimum absolute atomic E-state index is 0.0636. The molecule has 1 fully saturated rings. The van der Waals surface area contributed by atoms with Crippen molar-refractivity contribution in [3.8, 4) is 0 Å². The van der Waals surface area contributed by atoms with Gasteiger partial charge in [-0.3, -0.25) is 14.0 Å². The van der Waals surface area contributed by atoms with E-state index in [2.05, 4.69) is 10.6 Å². The maximum atomic E-state index is 12.8. The van der Waals surface area contributed by atoms with Crippen molar-refractivity contribution in [3.05, 3.63) is 65.0 Å². The summed E-state index contributed by atoms with van der Waals surface area (Å²) in [6, 6.07) is 11.4. The topological polar surface area (TPSA) is 111 Å². The van der Waals surface area contributed by atoms with Crippen LogP contribution in [0.2, 0.25) is 0 Å². The molecule has 3 aromatic rings. The summed E-state index contributed by atoms with van der Waals surface area (Å²) < 4.78 is 6.69. The molecule has 1 amide bonds. The normalized spacial score (nSPS) is 14.2. The van der Waals surface area contributed by atoms with Crippen LogP contribution in [0.25, 0.3) is 5.65 Å². The number of amides is 1. The summed E-state index contributed by atoms with van der Waals surface area (Å²) in [5.41, 5.74) is 9.91. The van der Waals surface area contributed by atoms with E-state index in [4.69, 9.17) is 15.5 Å². The van der Waals surface area contributed by atoms with Gasteiger partial charge in [0.1, 0.15) is 18.0 Å². The van der Waals surface area contributed by atoms with E-state index in [9.17, 15) is 9.59 Å². The monoisotopic (exact) mass is 449 g/mol. The molecule has 1 aromatic carbocycles. The molecule has 0 aliphatic heterocycles. The number of ether oxygens (including phenoxy) is 1. The van der Waals surface area contributed by atoms with Crippen molar-refractivity contribution in [2.75, 3.05) is 19.0 Å². The second kappa shape index (κ2) is 10.5. The highest BCUT2D eigenvalue weighted by molar-refractivity contribution is 5.95. The first-order chi connectivity index (χ1) is 16.1. The fraction of sp³-hybridized carbons (Fsp3) is 0.400. The first-order valence-electron chi connectivity index (χ1n) is 11.5. The van der Waals surface area contributed by atoms with E-state index in [0.717, 1.165) is 35.5 Å². The zero-order chi connectivity index (χ0) is 23.2. The van der Waals surface area contributed by atoms with Crippen LogP contribution in [0.4, 0.5) is 5.82 Å². The number of rotatable bonds is 8. The number of esters is 1. The minimum Gasteiger partial charge on any atom is -0.468 e. The van der Waals surface area contributed by atoms with Gasteiger partial charge in [-0.2, -0.15) is 0 Å². The first kappa shape index (κ1) is 22.8. The fourth-order valence-corrected chi connectivity index (χ4v) is 4.42. The third-order valence-corrected chi connectivity index (χ3v) is 6.22. The highest BCUT2D eigenvalue weighted by Crippen LogP contribution is 2.36. The van der Waals surface area contributed by atoms with Crippen LogP contribution in [0.15, 0.2) is 42.6 Å². The van der Waals surface area contributed by atoms with Crippen LogP contribution in [0.5, 0.6) is 0 Å². The number of anilines is 1. The lowest BCUT2D eigenvalue weighted by Crippen LogP contribution is -2.23. The third-order valence-electron chi connectivity index (χ3n) is 6.22. The summed E-state index contributed by atoms with van der Waals surface area (Å²) in [4.78, 5) is 29.4. The number of aromatic nitrogens is 2. The lowest BCUT2D eigenvalue weighted by molar-refractivity contribution is -0.138. The van der Waals surface area contributed by atoms with Gasteiger partial charge in [0.15, 0.2) is 0 Å². The van der Waals surface area contributed by atoms with Crippen molar-refractivity contribution < 1.29 is 14.3 Å². The SMILES string of the molecule is COC(=O)CNc1c(C2CCCCC2)nc2cc(C(=O)NCc3cccc(CN)c3)ccn12. The number of imidazole rings is 1. The van der Waals surface area contributed by atoms with Crippen molar-refractivity contribution in [3.63, 3.8) is 0 Å². The molecule has 0 radical (unpaired) electrons. The molecule has 0 atom stereocenters. The molecule has 1 saturated carbocycles. The number of hydrogen-bond donors (Lipinski definition) is 3. The zero-order valence-electron chi connectivity index (χ0n) is 19.0. The first-order valence-corrected chi connectivity index (χ1v) is 11.5. The Labute approximate surface area is 193 Å². The predicted molar refractivity (Wildman–Crippen MR) is 127 cm³/mol. The van der Waals surface area contributed by atoms with Gasteiger partial charge in [-0.15, -0.1) is 0 Å². The largest absolute Gasteiger partial charge is 0.468 e. The molecule has 2 heterocycles. The second-order valence-corrected chi connectivity index (χ2v) is 8.46. The van der Waals surface area contributed by atoms with E-state index in [1.807, 2.05) is 34.9 Å². The van der Waals surface area contributed by atoms with Crippen LogP contribution in [0.1, 0.15) is 65.2 Å². The molecule has 2 aromatic heterocycles. The number of carbonyl (C=O) groups excluding carboxylic acids is 2. The number of pyridine rings is 1. The molecule has 0 unspecified atom stereocenters. The van der Waals surface area contributed by atoms with Crippen LogP contribution in [0, 0.1) is 0 Å².